The first-order valence-electron chi connectivity index (χ1n) is 18.0. The Morgan fingerprint density at radius 2 is 0.725 bits per heavy atom. The molecule has 260 valence electrons. The zero-order valence-electron chi connectivity index (χ0n) is 31.0. The van der Waals surface area contributed by atoms with Crippen LogP contribution in [-0.2, 0) is 17.0 Å². The number of hydrogen-bond acceptors (Lipinski definition) is 3. The monoisotopic (exact) mass is 704 g/mol. The number of nitrogens with two attached hydrogens (primary N) is 2. The van der Waals surface area contributed by atoms with Crippen LogP contribution >= 0.6 is 0 Å². The summed E-state index contributed by atoms with van der Waals surface area (Å²) in [5.41, 5.74) is 18.9. The molecule has 5 heteroatoms. The molecule has 0 aliphatic rings. The van der Waals surface area contributed by atoms with Gasteiger partial charge in [0.1, 0.15) is 0 Å². The van der Waals surface area contributed by atoms with Gasteiger partial charge in [-0.2, -0.15) is 0 Å². The highest BCUT2D eigenvalue weighted by Crippen LogP contribution is 2.45. The summed E-state index contributed by atoms with van der Waals surface area (Å²) in [5, 5.41) is 4.75. The second kappa shape index (κ2) is 14.5. The van der Waals surface area contributed by atoms with Crippen molar-refractivity contribution in [3.63, 3.8) is 0 Å². The molecule has 0 aliphatic carbocycles. The van der Waals surface area contributed by atoms with Crippen molar-refractivity contribution in [2.45, 2.75) is 64.5 Å². The van der Waals surface area contributed by atoms with E-state index in [9.17, 15) is 0 Å². The van der Waals surface area contributed by atoms with Gasteiger partial charge in [-0.15, -0.1) is 0 Å². The molecule has 0 amide bonds. The molecule has 51 heavy (non-hydrogen) atoms. The van der Waals surface area contributed by atoms with Crippen molar-refractivity contribution in [2.75, 3.05) is 11.5 Å². The molecule has 0 fully saturated rings. The number of anilines is 2. The van der Waals surface area contributed by atoms with Crippen LogP contribution in [0.5, 0.6) is 0 Å². The molecule has 0 heterocycles. The second-order valence-electron chi connectivity index (χ2n) is 15.8. The molecular weight excluding hydrogens is 653 g/mol. The van der Waals surface area contributed by atoms with Gasteiger partial charge in [0, 0.05) is 11.4 Å². The van der Waals surface area contributed by atoms with Crippen LogP contribution in [0, 0.1) is 0 Å². The maximum Gasteiger partial charge on any atom is 0.251 e. The molecule has 0 aliphatic heterocycles. The molecule has 0 aromatic heterocycles. The van der Waals surface area contributed by atoms with Crippen LogP contribution in [0.15, 0.2) is 158 Å². The average Bonchev–Trinajstić information content (AvgIpc) is 3.11. The maximum atomic E-state index is 8.73. The Morgan fingerprint density at radius 3 is 1.06 bits per heavy atom. The zero-order chi connectivity index (χ0) is 36.3. The number of hydrogen-bond donors (Lipinski definition) is 2. The summed E-state index contributed by atoms with van der Waals surface area (Å²) in [6.07, 6.45) is 1.58. The number of benzene rings is 6. The fourth-order valence-electron chi connectivity index (χ4n) is 7.84. The summed E-state index contributed by atoms with van der Waals surface area (Å²) in [7, 11) is -6.34. The quantitative estimate of drug-likeness (QED) is 0.111. The molecule has 3 nitrogen and oxygen atoms in total. The van der Waals surface area contributed by atoms with Gasteiger partial charge in [0.15, 0.2) is 0 Å². The fourth-order valence-corrected chi connectivity index (χ4v) is 21.2. The lowest BCUT2D eigenvalue weighted by Crippen LogP contribution is -2.78. The Balaban J connectivity index is 1.69. The first kappa shape index (κ1) is 36.1. The predicted octanol–water partition coefficient (Wildman–Crippen LogP) is 8.47. The van der Waals surface area contributed by atoms with Crippen molar-refractivity contribution < 1.29 is 4.12 Å². The van der Waals surface area contributed by atoms with Crippen LogP contribution < -0.4 is 32.2 Å². The lowest BCUT2D eigenvalue weighted by molar-refractivity contribution is 0.474. The van der Waals surface area contributed by atoms with E-state index < -0.39 is 16.6 Å². The lowest BCUT2D eigenvalue weighted by atomic mass is 10.0. The maximum absolute atomic E-state index is 8.73. The lowest BCUT2D eigenvalue weighted by Gasteiger charge is -2.54. The van der Waals surface area contributed by atoms with E-state index in [-0.39, 0.29) is 10.1 Å². The number of nitrogen functional groups attached to an aromatic ring is 2. The standard InChI is InChI=1S/C46H52N2OSi2/c1-45(2,3)50(41-19-9-7-10-20-41,43-23-15-13-17-37(43)33-35-25-29-39(47)30-26-35)49-51(46(4,5)6,42-21-11-8-12-22-42)44-24-16-14-18-38(44)34-36-27-31-40(48)32-28-36/h7-32H,33-34,47-48H2,1-6H3. The largest absolute Gasteiger partial charge is 0.441 e. The van der Waals surface area contributed by atoms with Gasteiger partial charge < -0.3 is 15.6 Å². The van der Waals surface area contributed by atoms with E-state index in [2.05, 4.69) is 175 Å². The predicted molar refractivity (Wildman–Crippen MR) is 224 cm³/mol. The van der Waals surface area contributed by atoms with E-state index in [1.807, 2.05) is 24.3 Å². The molecule has 0 radical (unpaired) electrons. The number of rotatable bonds is 10. The Labute approximate surface area is 307 Å². The molecule has 0 bridgehead atoms. The molecule has 0 saturated carbocycles. The van der Waals surface area contributed by atoms with Crippen molar-refractivity contribution in [1.82, 2.24) is 0 Å². The van der Waals surface area contributed by atoms with E-state index in [1.165, 1.54) is 43.0 Å². The van der Waals surface area contributed by atoms with Crippen molar-refractivity contribution in [3.8, 4) is 0 Å². The van der Waals surface area contributed by atoms with Crippen LogP contribution in [0.4, 0.5) is 11.4 Å². The zero-order valence-corrected chi connectivity index (χ0v) is 33.0. The molecule has 4 N–H and O–H groups in total. The molecule has 0 spiro atoms. The summed E-state index contributed by atoms with van der Waals surface area (Å²) in [6.45, 7) is 14.4. The van der Waals surface area contributed by atoms with Crippen molar-refractivity contribution >= 4 is 48.8 Å². The minimum absolute atomic E-state index is 0.240. The van der Waals surface area contributed by atoms with E-state index in [4.69, 9.17) is 15.6 Å². The second-order valence-corrected chi connectivity index (χ2v) is 24.6. The highest BCUT2D eigenvalue weighted by atomic mass is 28.4. The SMILES string of the molecule is CC(C)(C)[Si](O[Si](c1ccccc1)(c1ccccc1Cc1ccc(N)cc1)C(C)(C)C)(c1ccccc1)c1ccccc1Cc1ccc(N)cc1. The van der Waals surface area contributed by atoms with Gasteiger partial charge in [0.05, 0.1) is 0 Å². The third-order valence-electron chi connectivity index (χ3n) is 10.3. The molecular formula is C46H52N2OSi2. The van der Waals surface area contributed by atoms with Gasteiger partial charge in [-0.3, -0.25) is 0 Å². The Kier molecular flexibility index (Phi) is 10.3. The molecule has 2 atom stereocenters. The smallest absolute Gasteiger partial charge is 0.251 e. The van der Waals surface area contributed by atoms with Gasteiger partial charge in [-0.1, -0.05) is 175 Å². The van der Waals surface area contributed by atoms with Gasteiger partial charge in [-0.05, 0) is 90.2 Å². The van der Waals surface area contributed by atoms with Crippen LogP contribution in [0.1, 0.15) is 63.8 Å². The third-order valence-corrected chi connectivity index (χ3v) is 21.8. The summed E-state index contributed by atoms with van der Waals surface area (Å²) in [6, 6.07) is 57.0. The van der Waals surface area contributed by atoms with E-state index >= 15 is 0 Å². The van der Waals surface area contributed by atoms with Crippen LogP contribution in [0.2, 0.25) is 10.1 Å². The van der Waals surface area contributed by atoms with Crippen LogP contribution in [0.25, 0.3) is 0 Å². The van der Waals surface area contributed by atoms with Crippen LogP contribution in [0.3, 0.4) is 0 Å². The topological polar surface area (TPSA) is 61.3 Å². The van der Waals surface area contributed by atoms with Gasteiger partial charge in [0.2, 0.25) is 0 Å². The summed E-state index contributed by atoms with van der Waals surface area (Å²) < 4.78 is 8.73. The minimum Gasteiger partial charge on any atom is -0.441 e. The highest BCUT2D eigenvalue weighted by molar-refractivity contribution is 7.11. The van der Waals surface area contributed by atoms with E-state index in [0.29, 0.717) is 0 Å². The summed E-state index contributed by atoms with van der Waals surface area (Å²) in [4.78, 5) is 0. The highest BCUT2D eigenvalue weighted by Gasteiger charge is 2.61. The van der Waals surface area contributed by atoms with Crippen molar-refractivity contribution in [2.24, 2.45) is 0 Å². The minimum atomic E-state index is -3.17. The normalized spacial score (nSPS) is 14.4. The average molecular weight is 705 g/mol. The summed E-state index contributed by atoms with van der Waals surface area (Å²) in [5.74, 6) is 0. The van der Waals surface area contributed by atoms with Gasteiger partial charge in [0.25, 0.3) is 16.6 Å². The van der Waals surface area contributed by atoms with E-state index in [0.717, 1.165) is 24.2 Å². The van der Waals surface area contributed by atoms with Gasteiger partial charge >= 0.3 is 0 Å². The Morgan fingerprint density at radius 1 is 0.412 bits per heavy atom. The Hall–Kier alpha value is -4.69. The van der Waals surface area contributed by atoms with Crippen molar-refractivity contribution in [1.29, 1.82) is 0 Å². The molecule has 2 unspecified atom stereocenters. The molecule has 6 aromatic rings. The third kappa shape index (κ3) is 7.11. The molecule has 6 aromatic carbocycles. The van der Waals surface area contributed by atoms with Crippen molar-refractivity contribution in [3.05, 3.63) is 180 Å². The first-order valence-corrected chi connectivity index (χ1v) is 21.8. The van der Waals surface area contributed by atoms with Crippen LogP contribution in [-0.4, -0.2) is 16.6 Å². The molecule has 6 rings (SSSR count). The van der Waals surface area contributed by atoms with Gasteiger partial charge in [-0.25, -0.2) is 0 Å². The fraction of sp³-hybridized carbons (Fsp3) is 0.217. The summed E-state index contributed by atoms with van der Waals surface area (Å²) >= 11 is 0. The first-order chi connectivity index (χ1) is 24.3. The van der Waals surface area contributed by atoms with E-state index in [1.54, 1.807) is 0 Å². The Bertz CT molecular complexity index is 1900. The molecule has 0 saturated heterocycles.